The number of carbonyl (C=O) groups is 1. The Morgan fingerprint density at radius 2 is 2.06 bits per heavy atom. The van der Waals surface area contributed by atoms with Crippen molar-refractivity contribution in [3.63, 3.8) is 0 Å². The van der Waals surface area contributed by atoms with Gasteiger partial charge in [-0.25, -0.2) is 0 Å². The van der Waals surface area contributed by atoms with Gasteiger partial charge in [0, 0.05) is 24.4 Å². The Hall–Kier alpha value is -1.42. The van der Waals surface area contributed by atoms with Gasteiger partial charge in [-0.2, -0.15) is 0 Å². The number of carbonyl (C=O) groups excluding carboxylic acids is 1. The number of hydrogen-bond donors (Lipinski definition) is 2. The maximum absolute atomic E-state index is 11.7. The average molecular weight is 235 g/mol. The molecule has 94 valence electrons. The fourth-order valence-corrected chi connectivity index (χ4v) is 1.48. The number of nitrogens with two attached hydrogens (primary N) is 1. The van der Waals surface area contributed by atoms with Crippen LogP contribution in [0, 0.1) is 0 Å². The molecule has 0 saturated heterocycles. The first kappa shape index (κ1) is 13.6. The Morgan fingerprint density at radius 3 is 2.59 bits per heavy atom. The molecule has 1 atom stereocenters. The smallest absolute Gasteiger partial charge is 0.220 e. The van der Waals surface area contributed by atoms with E-state index in [0.29, 0.717) is 12.8 Å². The second-order valence-electron chi connectivity index (χ2n) is 5.06. The average Bonchev–Trinajstić information content (AvgIpc) is 2.27. The highest BCUT2D eigenvalue weighted by atomic mass is 16.1. The summed E-state index contributed by atoms with van der Waals surface area (Å²) in [6.07, 6.45) is 4.59. The molecule has 0 spiro atoms. The summed E-state index contributed by atoms with van der Waals surface area (Å²) >= 11 is 0. The fourth-order valence-electron chi connectivity index (χ4n) is 1.48. The Balaban J connectivity index is 2.42. The predicted molar refractivity (Wildman–Crippen MR) is 68.3 cm³/mol. The normalized spacial score (nSPS) is 13.2. The minimum Gasteiger partial charge on any atom is -0.350 e. The molecule has 4 nitrogen and oxygen atoms in total. The lowest BCUT2D eigenvalue weighted by atomic mass is 9.99. The highest BCUT2D eigenvalue weighted by Crippen LogP contribution is 2.12. The lowest BCUT2D eigenvalue weighted by molar-refractivity contribution is -0.122. The predicted octanol–water partition coefficient (Wildman–Crippen LogP) is 1.78. The van der Waals surface area contributed by atoms with E-state index >= 15 is 0 Å². The number of nitrogens with zero attached hydrogens (tertiary/aromatic N) is 1. The summed E-state index contributed by atoms with van der Waals surface area (Å²) in [5.74, 6) is 0.0350. The van der Waals surface area contributed by atoms with E-state index in [2.05, 4.69) is 10.3 Å². The summed E-state index contributed by atoms with van der Waals surface area (Å²) in [4.78, 5) is 15.6. The van der Waals surface area contributed by atoms with Crippen LogP contribution in [0.4, 0.5) is 0 Å². The lowest BCUT2D eigenvalue weighted by Gasteiger charge is -2.19. The largest absolute Gasteiger partial charge is 0.350 e. The van der Waals surface area contributed by atoms with Crippen molar-refractivity contribution in [1.29, 1.82) is 0 Å². The van der Waals surface area contributed by atoms with Crippen LogP contribution < -0.4 is 11.1 Å². The second-order valence-corrected chi connectivity index (χ2v) is 5.06. The molecule has 3 N–H and O–H groups in total. The van der Waals surface area contributed by atoms with E-state index in [1.807, 2.05) is 32.9 Å². The van der Waals surface area contributed by atoms with E-state index in [9.17, 15) is 4.79 Å². The number of hydrogen-bond acceptors (Lipinski definition) is 3. The van der Waals surface area contributed by atoms with Gasteiger partial charge < -0.3 is 11.1 Å². The van der Waals surface area contributed by atoms with Crippen molar-refractivity contribution in [2.24, 2.45) is 5.73 Å². The Kier molecular flexibility index (Phi) is 4.63. The molecule has 0 bridgehead atoms. The van der Waals surface area contributed by atoms with Crippen LogP contribution in [0.15, 0.2) is 24.5 Å². The van der Waals surface area contributed by atoms with Crippen LogP contribution in [0.25, 0.3) is 0 Å². The molecule has 1 rings (SSSR count). The van der Waals surface area contributed by atoms with E-state index in [-0.39, 0.29) is 17.5 Å². The molecule has 0 unspecified atom stereocenters. The number of aromatic nitrogens is 1. The summed E-state index contributed by atoms with van der Waals surface area (Å²) in [7, 11) is 0. The zero-order valence-corrected chi connectivity index (χ0v) is 10.7. The zero-order chi connectivity index (χ0) is 12.9. The first-order valence-electron chi connectivity index (χ1n) is 5.87. The SMILES string of the molecule is C[C@@H](NC(=O)CCC(C)(C)N)c1ccncc1. The number of pyridine rings is 1. The molecule has 1 heterocycles. The number of amides is 1. The van der Waals surface area contributed by atoms with E-state index < -0.39 is 0 Å². The van der Waals surface area contributed by atoms with E-state index in [1.54, 1.807) is 12.4 Å². The van der Waals surface area contributed by atoms with E-state index in [4.69, 9.17) is 5.73 Å². The van der Waals surface area contributed by atoms with Gasteiger partial charge in [-0.1, -0.05) is 0 Å². The minimum atomic E-state index is -0.294. The van der Waals surface area contributed by atoms with Crippen LogP contribution >= 0.6 is 0 Å². The second kappa shape index (κ2) is 5.77. The Bertz CT molecular complexity index is 357. The van der Waals surface area contributed by atoms with Crippen molar-refractivity contribution in [1.82, 2.24) is 10.3 Å². The molecule has 0 aliphatic heterocycles. The third-order valence-corrected chi connectivity index (χ3v) is 2.58. The van der Waals surface area contributed by atoms with Crippen molar-refractivity contribution in [2.75, 3.05) is 0 Å². The van der Waals surface area contributed by atoms with Crippen LogP contribution in [0.1, 0.15) is 45.2 Å². The fraction of sp³-hybridized carbons (Fsp3) is 0.538. The molecule has 0 aliphatic carbocycles. The van der Waals surface area contributed by atoms with Gasteiger partial charge in [0.05, 0.1) is 6.04 Å². The molecule has 0 saturated carbocycles. The summed E-state index contributed by atoms with van der Waals surface area (Å²) in [6, 6.07) is 3.81. The Morgan fingerprint density at radius 1 is 1.47 bits per heavy atom. The van der Waals surface area contributed by atoms with Gasteiger partial charge in [0.2, 0.25) is 5.91 Å². The molecule has 17 heavy (non-hydrogen) atoms. The number of nitrogens with one attached hydrogen (secondary N) is 1. The standard InChI is InChI=1S/C13H21N3O/c1-10(11-5-8-15-9-6-11)16-12(17)4-7-13(2,3)14/h5-6,8-10H,4,7,14H2,1-3H3,(H,16,17)/t10-/m1/s1. The molecular formula is C13H21N3O. The van der Waals surface area contributed by atoms with Gasteiger partial charge in [-0.05, 0) is 44.9 Å². The summed E-state index contributed by atoms with van der Waals surface area (Å²) in [5.41, 5.74) is 6.60. The summed E-state index contributed by atoms with van der Waals surface area (Å²) in [6.45, 7) is 5.81. The van der Waals surface area contributed by atoms with Crippen LogP contribution in [-0.2, 0) is 4.79 Å². The van der Waals surface area contributed by atoms with E-state index in [0.717, 1.165) is 5.56 Å². The topological polar surface area (TPSA) is 68.0 Å². The first-order valence-corrected chi connectivity index (χ1v) is 5.87. The van der Waals surface area contributed by atoms with Gasteiger partial charge in [0.15, 0.2) is 0 Å². The van der Waals surface area contributed by atoms with Crippen LogP contribution in [0.2, 0.25) is 0 Å². The van der Waals surface area contributed by atoms with Crippen LogP contribution in [0.5, 0.6) is 0 Å². The molecule has 4 heteroatoms. The molecule has 1 aromatic heterocycles. The monoisotopic (exact) mass is 235 g/mol. The third-order valence-electron chi connectivity index (χ3n) is 2.58. The maximum Gasteiger partial charge on any atom is 0.220 e. The van der Waals surface area contributed by atoms with Crippen molar-refractivity contribution < 1.29 is 4.79 Å². The van der Waals surface area contributed by atoms with Gasteiger partial charge >= 0.3 is 0 Å². The molecule has 0 radical (unpaired) electrons. The molecule has 0 aromatic carbocycles. The van der Waals surface area contributed by atoms with Crippen molar-refractivity contribution >= 4 is 5.91 Å². The quantitative estimate of drug-likeness (QED) is 0.817. The Labute approximate surface area is 103 Å². The van der Waals surface area contributed by atoms with Gasteiger partial charge in [0.1, 0.15) is 0 Å². The summed E-state index contributed by atoms with van der Waals surface area (Å²) in [5, 5.41) is 2.95. The lowest BCUT2D eigenvalue weighted by Crippen LogP contribution is -2.35. The molecule has 0 fully saturated rings. The van der Waals surface area contributed by atoms with Gasteiger partial charge in [0.25, 0.3) is 0 Å². The highest BCUT2D eigenvalue weighted by Gasteiger charge is 2.14. The van der Waals surface area contributed by atoms with Crippen molar-refractivity contribution in [3.05, 3.63) is 30.1 Å². The summed E-state index contributed by atoms with van der Waals surface area (Å²) < 4.78 is 0. The molecule has 1 amide bonds. The van der Waals surface area contributed by atoms with Gasteiger partial charge in [-0.15, -0.1) is 0 Å². The molecule has 0 aliphatic rings. The minimum absolute atomic E-state index is 0.00591. The maximum atomic E-state index is 11.7. The first-order chi connectivity index (χ1) is 7.88. The zero-order valence-electron chi connectivity index (χ0n) is 10.7. The highest BCUT2D eigenvalue weighted by molar-refractivity contribution is 5.76. The molecular weight excluding hydrogens is 214 g/mol. The number of rotatable bonds is 5. The van der Waals surface area contributed by atoms with Crippen molar-refractivity contribution in [2.45, 2.75) is 45.2 Å². The van der Waals surface area contributed by atoms with Crippen LogP contribution in [-0.4, -0.2) is 16.4 Å². The van der Waals surface area contributed by atoms with E-state index in [1.165, 1.54) is 0 Å². The van der Waals surface area contributed by atoms with Crippen LogP contribution in [0.3, 0.4) is 0 Å². The van der Waals surface area contributed by atoms with Crippen molar-refractivity contribution in [3.8, 4) is 0 Å². The molecule has 1 aromatic rings. The third kappa shape index (κ3) is 5.45. The van der Waals surface area contributed by atoms with Gasteiger partial charge in [-0.3, -0.25) is 9.78 Å².